The van der Waals surface area contributed by atoms with E-state index in [2.05, 4.69) is 51.9 Å². The SMILES string of the molecule is CCCNCC(C)(CCC)CN(C)C(C)CCC. The lowest BCUT2D eigenvalue weighted by molar-refractivity contribution is 0.137. The van der Waals surface area contributed by atoms with Crippen LogP contribution in [0.5, 0.6) is 0 Å². The lowest BCUT2D eigenvalue weighted by Gasteiger charge is -2.37. The Balaban J connectivity index is 4.29. The molecule has 18 heavy (non-hydrogen) atoms. The van der Waals surface area contributed by atoms with Crippen LogP contribution < -0.4 is 5.32 Å². The molecule has 0 fully saturated rings. The minimum absolute atomic E-state index is 0.417. The standard InChI is InChI=1S/C16H36N2/c1-7-10-15(4)18(6)14-16(5,11-8-2)13-17-12-9-3/h15,17H,7-14H2,1-6H3. The van der Waals surface area contributed by atoms with Crippen molar-refractivity contribution in [1.29, 1.82) is 0 Å². The summed E-state index contributed by atoms with van der Waals surface area (Å²) in [4.78, 5) is 2.55. The number of nitrogens with zero attached hydrogens (tertiary/aromatic N) is 1. The summed E-state index contributed by atoms with van der Waals surface area (Å²) in [6, 6.07) is 0.706. The van der Waals surface area contributed by atoms with E-state index < -0.39 is 0 Å². The van der Waals surface area contributed by atoms with Gasteiger partial charge in [-0.05, 0) is 45.2 Å². The van der Waals surface area contributed by atoms with Gasteiger partial charge in [-0.3, -0.25) is 0 Å². The van der Waals surface area contributed by atoms with Crippen LogP contribution in [-0.4, -0.2) is 37.6 Å². The van der Waals surface area contributed by atoms with Crippen molar-refractivity contribution in [3.8, 4) is 0 Å². The summed E-state index contributed by atoms with van der Waals surface area (Å²) in [6.45, 7) is 15.1. The van der Waals surface area contributed by atoms with Gasteiger partial charge < -0.3 is 10.2 Å². The lowest BCUT2D eigenvalue weighted by Crippen LogP contribution is -2.44. The third-order valence-corrected chi connectivity index (χ3v) is 3.92. The molecule has 2 heteroatoms. The van der Waals surface area contributed by atoms with Crippen LogP contribution >= 0.6 is 0 Å². The maximum Gasteiger partial charge on any atom is 0.00640 e. The number of hydrogen-bond donors (Lipinski definition) is 1. The van der Waals surface area contributed by atoms with Crippen molar-refractivity contribution < 1.29 is 0 Å². The zero-order valence-corrected chi connectivity index (χ0v) is 13.7. The minimum atomic E-state index is 0.417. The monoisotopic (exact) mass is 256 g/mol. The van der Waals surface area contributed by atoms with E-state index in [0.717, 1.165) is 13.1 Å². The van der Waals surface area contributed by atoms with Crippen molar-refractivity contribution in [2.45, 2.75) is 72.8 Å². The van der Waals surface area contributed by atoms with Crippen LogP contribution in [0.15, 0.2) is 0 Å². The van der Waals surface area contributed by atoms with Crippen LogP contribution in [0.1, 0.15) is 66.7 Å². The minimum Gasteiger partial charge on any atom is -0.316 e. The first-order valence-corrected chi connectivity index (χ1v) is 7.90. The molecule has 110 valence electrons. The molecular formula is C16H36N2. The molecule has 0 aliphatic heterocycles. The maximum atomic E-state index is 3.61. The molecule has 2 nitrogen and oxygen atoms in total. The Morgan fingerprint density at radius 2 is 1.78 bits per heavy atom. The van der Waals surface area contributed by atoms with Crippen molar-refractivity contribution in [3.05, 3.63) is 0 Å². The predicted molar refractivity (Wildman–Crippen MR) is 83.2 cm³/mol. The first kappa shape index (κ1) is 17.9. The summed E-state index contributed by atoms with van der Waals surface area (Å²) in [5.74, 6) is 0. The van der Waals surface area contributed by atoms with E-state index in [9.17, 15) is 0 Å². The van der Waals surface area contributed by atoms with Gasteiger partial charge in [0.1, 0.15) is 0 Å². The molecular weight excluding hydrogens is 220 g/mol. The van der Waals surface area contributed by atoms with E-state index in [4.69, 9.17) is 0 Å². The second kappa shape index (κ2) is 9.80. The molecule has 0 aromatic rings. The summed E-state index contributed by atoms with van der Waals surface area (Å²) >= 11 is 0. The molecule has 0 radical (unpaired) electrons. The van der Waals surface area contributed by atoms with Crippen LogP contribution in [0.3, 0.4) is 0 Å². The zero-order chi connectivity index (χ0) is 14.0. The number of hydrogen-bond acceptors (Lipinski definition) is 2. The fourth-order valence-electron chi connectivity index (χ4n) is 2.79. The predicted octanol–water partition coefficient (Wildman–Crippen LogP) is 3.91. The van der Waals surface area contributed by atoms with E-state index in [0.29, 0.717) is 11.5 Å². The lowest BCUT2D eigenvalue weighted by atomic mass is 9.84. The molecule has 0 rings (SSSR count). The third kappa shape index (κ3) is 7.38. The molecule has 0 aliphatic rings. The van der Waals surface area contributed by atoms with Gasteiger partial charge in [0.25, 0.3) is 0 Å². The van der Waals surface area contributed by atoms with Gasteiger partial charge >= 0.3 is 0 Å². The van der Waals surface area contributed by atoms with Crippen molar-refractivity contribution in [3.63, 3.8) is 0 Å². The Morgan fingerprint density at radius 3 is 2.28 bits per heavy atom. The highest BCUT2D eigenvalue weighted by Crippen LogP contribution is 2.24. The second-order valence-electron chi connectivity index (χ2n) is 6.29. The summed E-state index contributed by atoms with van der Waals surface area (Å²) in [7, 11) is 2.29. The average Bonchev–Trinajstić information content (AvgIpc) is 2.29. The average molecular weight is 256 g/mol. The summed E-state index contributed by atoms with van der Waals surface area (Å²) in [5.41, 5.74) is 0.417. The van der Waals surface area contributed by atoms with E-state index >= 15 is 0 Å². The Bertz CT molecular complexity index is 194. The highest BCUT2D eigenvalue weighted by Gasteiger charge is 2.26. The topological polar surface area (TPSA) is 15.3 Å². The molecule has 2 atom stereocenters. The number of nitrogens with one attached hydrogen (secondary N) is 1. The third-order valence-electron chi connectivity index (χ3n) is 3.92. The normalized spacial score (nSPS) is 16.8. The van der Waals surface area contributed by atoms with Crippen LogP contribution in [0.4, 0.5) is 0 Å². The van der Waals surface area contributed by atoms with E-state index in [1.54, 1.807) is 0 Å². The molecule has 1 N–H and O–H groups in total. The fraction of sp³-hybridized carbons (Fsp3) is 1.00. The Morgan fingerprint density at radius 1 is 1.11 bits per heavy atom. The molecule has 0 aliphatic carbocycles. The molecule has 0 heterocycles. The highest BCUT2D eigenvalue weighted by molar-refractivity contribution is 4.81. The van der Waals surface area contributed by atoms with E-state index in [1.165, 1.54) is 38.6 Å². The Hall–Kier alpha value is -0.0800. The second-order valence-corrected chi connectivity index (χ2v) is 6.29. The van der Waals surface area contributed by atoms with Crippen molar-refractivity contribution in [2.24, 2.45) is 5.41 Å². The molecule has 0 saturated carbocycles. The van der Waals surface area contributed by atoms with Crippen molar-refractivity contribution in [2.75, 3.05) is 26.7 Å². The maximum absolute atomic E-state index is 3.61. The quantitative estimate of drug-likeness (QED) is 0.564. The van der Waals surface area contributed by atoms with Crippen molar-refractivity contribution in [1.82, 2.24) is 10.2 Å². The van der Waals surface area contributed by atoms with Gasteiger partial charge in [-0.25, -0.2) is 0 Å². The summed E-state index contributed by atoms with van der Waals surface area (Å²) in [5, 5.41) is 3.61. The van der Waals surface area contributed by atoms with Gasteiger partial charge in [-0.15, -0.1) is 0 Å². The van der Waals surface area contributed by atoms with Crippen LogP contribution in [0, 0.1) is 5.41 Å². The van der Waals surface area contributed by atoms with Crippen LogP contribution in [0.2, 0.25) is 0 Å². The highest BCUT2D eigenvalue weighted by atomic mass is 15.1. The Kier molecular flexibility index (Phi) is 9.76. The van der Waals surface area contributed by atoms with E-state index in [1.807, 2.05) is 0 Å². The first-order valence-electron chi connectivity index (χ1n) is 7.90. The van der Waals surface area contributed by atoms with Gasteiger partial charge in [0.05, 0.1) is 0 Å². The largest absolute Gasteiger partial charge is 0.316 e. The number of rotatable bonds is 11. The molecule has 0 saturated heterocycles. The fourth-order valence-corrected chi connectivity index (χ4v) is 2.79. The molecule has 0 spiro atoms. The van der Waals surface area contributed by atoms with Gasteiger partial charge in [-0.2, -0.15) is 0 Å². The molecule has 0 amide bonds. The molecule has 2 unspecified atom stereocenters. The summed E-state index contributed by atoms with van der Waals surface area (Å²) in [6.07, 6.45) is 6.41. The zero-order valence-electron chi connectivity index (χ0n) is 13.7. The molecule has 0 aromatic heterocycles. The van der Waals surface area contributed by atoms with Gasteiger partial charge in [0.2, 0.25) is 0 Å². The van der Waals surface area contributed by atoms with Gasteiger partial charge in [0, 0.05) is 19.1 Å². The van der Waals surface area contributed by atoms with Gasteiger partial charge in [0.15, 0.2) is 0 Å². The van der Waals surface area contributed by atoms with Crippen LogP contribution in [0.25, 0.3) is 0 Å². The van der Waals surface area contributed by atoms with E-state index in [-0.39, 0.29) is 0 Å². The first-order chi connectivity index (χ1) is 8.49. The smallest absolute Gasteiger partial charge is 0.00640 e. The van der Waals surface area contributed by atoms with Crippen LogP contribution in [-0.2, 0) is 0 Å². The van der Waals surface area contributed by atoms with Crippen molar-refractivity contribution >= 4 is 0 Å². The summed E-state index contributed by atoms with van der Waals surface area (Å²) < 4.78 is 0. The Labute approximate surface area is 116 Å². The van der Waals surface area contributed by atoms with Gasteiger partial charge in [-0.1, -0.05) is 40.5 Å². The molecule has 0 bridgehead atoms. The molecule has 0 aromatic carbocycles.